The summed E-state index contributed by atoms with van der Waals surface area (Å²) in [7, 11) is 0. The van der Waals surface area contributed by atoms with Gasteiger partial charge >= 0.3 is 0 Å². The summed E-state index contributed by atoms with van der Waals surface area (Å²) in [4.78, 5) is 14.9. The Morgan fingerprint density at radius 2 is 2.10 bits per heavy atom. The Bertz CT molecular complexity index is 510. The van der Waals surface area contributed by atoms with E-state index in [1.54, 1.807) is 0 Å². The van der Waals surface area contributed by atoms with Gasteiger partial charge in [0.2, 0.25) is 0 Å². The number of aliphatic hydroxyl groups is 1. The molecular weight excluding hydrogens is 264 g/mol. The van der Waals surface area contributed by atoms with Crippen LogP contribution in [0.2, 0.25) is 0 Å². The Morgan fingerprint density at radius 3 is 2.86 bits per heavy atom. The van der Waals surface area contributed by atoms with Gasteiger partial charge in [0, 0.05) is 30.4 Å². The first kappa shape index (κ1) is 14.4. The molecule has 0 unspecified atom stereocenters. The van der Waals surface area contributed by atoms with Crippen molar-refractivity contribution in [2.24, 2.45) is 0 Å². The second-order valence-corrected chi connectivity index (χ2v) is 6.02. The van der Waals surface area contributed by atoms with Crippen molar-refractivity contribution in [3.63, 3.8) is 0 Å². The van der Waals surface area contributed by atoms with Crippen LogP contribution in [0.1, 0.15) is 48.0 Å². The third kappa shape index (κ3) is 2.91. The lowest BCUT2D eigenvalue weighted by molar-refractivity contribution is 0.0637. The highest BCUT2D eigenvalue weighted by molar-refractivity contribution is 5.97. The van der Waals surface area contributed by atoms with Crippen LogP contribution in [0, 0.1) is 0 Å². The van der Waals surface area contributed by atoms with E-state index in [4.69, 9.17) is 0 Å². The maximum absolute atomic E-state index is 13.0. The molecule has 1 amide bonds. The van der Waals surface area contributed by atoms with E-state index in [1.165, 1.54) is 12.8 Å². The molecule has 1 heterocycles. The Balaban J connectivity index is 1.88. The van der Waals surface area contributed by atoms with E-state index in [-0.39, 0.29) is 12.5 Å². The zero-order valence-electron chi connectivity index (χ0n) is 12.5. The third-order valence-corrected chi connectivity index (χ3v) is 4.69. The Kier molecular flexibility index (Phi) is 4.44. The van der Waals surface area contributed by atoms with Crippen molar-refractivity contribution in [2.45, 2.75) is 44.6 Å². The Hall–Kier alpha value is -1.55. The summed E-state index contributed by atoms with van der Waals surface area (Å²) in [5, 5.41) is 12.7. The number of nitrogens with one attached hydrogen (secondary N) is 1. The lowest BCUT2D eigenvalue weighted by Crippen LogP contribution is -2.41. The van der Waals surface area contributed by atoms with Crippen molar-refractivity contribution in [2.75, 3.05) is 25.0 Å². The van der Waals surface area contributed by atoms with Gasteiger partial charge in [-0.05, 0) is 43.4 Å². The van der Waals surface area contributed by atoms with Crippen LogP contribution in [-0.4, -0.2) is 41.7 Å². The lowest BCUT2D eigenvalue weighted by atomic mass is 9.96. The molecular formula is C17H24N2O2. The number of carbonyl (C=O) groups excluding carboxylic acids is 1. The molecule has 1 fully saturated rings. The molecule has 1 aromatic rings. The largest absolute Gasteiger partial charge is 0.395 e. The monoisotopic (exact) mass is 288 g/mol. The predicted molar refractivity (Wildman–Crippen MR) is 83.6 cm³/mol. The molecule has 4 heteroatoms. The van der Waals surface area contributed by atoms with Gasteiger partial charge in [-0.3, -0.25) is 4.79 Å². The molecule has 0 bridgehead atoms. The topological polar surface area (TPSA) is 52.6 Å². The molecule has 114 valence electrons. The van der Waals surface area contributed by atoms with Crippen LogP contribution in [0.15, 0.2) is 18.2 Å². The summed E-state index contributed by atoms with van der Waals surface area (Å²) in [6.45, 7) is 1.46. The van der Waals surface area contributed by atoms with Crippen LogP contribution < -0.4 is 5.32 Å². The molecule has 1 aliphatic carbocycles. The highest BCUT2D eigenvalue weighted by Crippen LogP contribution is 2.29. The molecule has 1 saturated carbocycles. The quantitative estimate of drug-likeness (QED) is 0.894. The molecule has 0 atom stereocenters. The zero-order chi connectivity index (χ0) is 14.7. The summed E-state index contributed by atoms with van der Waals surface area (Å²) in [6, 6.07) is 6.25. The molecule has 0 saturated heterocycles. The van der Waals surface area contributed by atoms with Crippen molar-refractivity contribution < 1.29 is 9.90 Å². The van der Waals surface area contributed by atoms with E-state index in [2.05, 4.69) is 11.4 Å². The van der Waals surface area contributed by atoms with Crippen molar-refractivity contribution in [3.8, 4) is 0 Å². The van der Waals surface area contributed by atoms with E-state index in [0.717, 1.165) is 49.0 Å². The van der Waals surface area contributed by atoms with E-state index >= 15 is 0 Å². The number of carbonyl (C=O) groups is 1. The van der Waals surface area contributed by atoms with Gasteiger partial charge in [0.05, 0.1) is 6.61 Å². The van der Waals surface area contributed by atoms with E-state index in [0.29, 0.717) is 12.6 Å². The number of amides is 1. The molecule has 3 rings (SSSR count). The second-order valence-electron chi connectivity index (χ2n) is 6.02. The van der Waals surface area contributed by atoms with E-state index in [1.807, 2.05) is 17.0 Å². The number of anilines is 1. The van der Waals surface area contributed by atoms with Crippen LogP contribution >= 0.6 is 0 Å². The van der Waals surface area contributed by atoms with Crippen molar-refractivity contribution >= 4 is 11.6 Å². The van der Waals surface area contributed by atoms with Crippen molar-refractivity contribution in [3.05, 3.63) is 29.3 Å². The number of benzene rings is 1. The van der Waals surface area contributed by atoms with Crippen LogP contribution in [0.25, 0.3) is 0 Å². The van der Waals surface area contributed by atoms with Gasteiger partial charge in [0.15, 0.2) is 0 Å². The first-order chi connectivity index (χ1) is 10.3. The molecule has 1 aliphatic heterocycles. The number of nitrogens with zero attached hydrogens (tertiary/aromatic N) is 1. The summed E-state index contributed by atoms with van der Waals surface area (Å²) in [5.74, 6) is 0.0940. The van der Waals surface area contributed by atoms with Gasteiger partial charge in [-0.1, -0.05) is 18.9 Å². The average molecular weight is 288 g/mol. The molecule has 2 aliphatic rings. The number of aliphatic hydroxyl groups excluding tert-OH is 1. The van der Waals surface area contributed by atoms with Crippen LogP contribution in [-0.2, 0) is 6.42 Å². The highest BCUT2D eigenvalue weighted by atomic mass is 16.3. The summed E-state index contributed by atoms with van der Waals surface area (Å²) in [5.41, 5.74) is 3.07. The molecule has 4 nitrogen and oxygen atoms in total. The first-order valence-corrected chi connectivity index (χ1v) is 8.09. The van der Waals surface area contributed by atoms with Gasteiger partial charge in [0.1, 0.15) is 0 Å². The summed E-state index contributed by atoms with van der Waals surface area (Å²) >= 11 is 0. The molecule has 0 radical (unpaired) electrons. The van der Waals surface area contributed by atoms with Crippen LogP contribution in [0.5, 0.6) is 0 Å². The predicted octanol–water partition coefficient (Wildman–Crippen LogP) is 2.42. The van der Waals surface area contributed by atoms with Gasteiger partial charge in [0.25, 0.3) is 5.91 Å². The number of rotatable bonds is 4. The molecule has 2 N–H and O–H groups in total. The maximum atomic E-state index is 13.0. The first-order valence-electron chi connectivity index (χ1n) is 8.09. The van der Waals surface area contributed by atoms with Crippen LogP contribution in [0.3, 0.4) is 0 Å². The molecule has 21 heavy (non-hydrogen) atoms. The molecule has 1 aromatic carbocycles. The Morgan fingerprint density at radius 1 is 1.29 bits per heavy atom. The van der Waals surface area contributed by atoms with Crippen LogP contribution in [0.4, 0.5) is 5.69 Å². The summed E-state index contributed by atoms with van der Waals surface area (Å²) in [6.07, 6.45) is 6.54. The Labute approximate surface area is 126 Å². The van der Waals surface area contributed by atoms with Crippen molar-refractivity contribution in [1.29, 1.82) is 0 Å². The van der Waals surface area contributed by atoms with E-state index < -0.39 is 0 Å². The fourth-order valence-corrected chi connectivity index (χ4v) is 3.64. The fourth-order valence-electron chi connectivity index (χ4n) is 3.64. The van der Waals surface area contributed by atoms with E-state index in [9.17, 15) is 9.90 Å². The maximum Gasteiger partial charge on any atom is 0.254 e. The normalized spacial score (nSPS) is 18.1. The lowest BCUT2D eigenvalue weighted by Gasteiger charge is -2.30. The molecule has 0 spiro atoms. The fraction of sp³-hybridized carbons (Fsp3) is 0.588. The highest BCUT2D eigenvalue weighted by Gasteiger charge is 2.29. The smallest absolute Gasteiger partial charge is 0.254 e. The van der Waals surface area contributed by atoms with Gasteiger partial charge in [-0.15, -0.1) is 0 Å². The second kappa shape index (κ2) is 6.48. The standard InChI is InChI=1S/C17H24N2O2/c20-12-11-19(13-5-1-2-6-13)17(21)15-7-3-9-16-14(15)8-4-10-18-16/h3,7,9,13,18,20H,1-2,4-6,8,10-12H2. The van der Waals surface area contributed by atoms with Gasteiger partial charge in [-0.2, -0.15) is 0 Å². The minimum atomic E-state index is 0.0372. The third-order valence-electron chi connectivity index (χ3n) is 4.69. The number of hydrogen-bond donors (Lipinski definition) is 2. The number of fused-ring (bicyclic) bond motifs is 1. The minimum absolute atomic E-state index is 0.0372. The minimum Gasteiger partial charge on any atom is -0.395 e. The summed E-state index contributed by atoms with van der Waals surface area (Å²) < 4.78 is 0. The SMILES string of the molecule is O=C(c1cccc2c1CCCN2)N(CCO)C1CCCC1. The van der Waals surface area contributed by atoms with Crippen molar-refractivity contribution in [1.82, 2.24) is 4.90 Å². The zero-order valence-corrected chi connectivity index (χ0v) is 12.5. The van der Waals surface area contributed by atoms with Gasteiger partial charge < -0.3 is 15.3 Å². The molecule has 0 aromatic heterocycles. The number of hydrogen-bond acceptors (Lipinski definition) is 3. The average Bonchev–Trinajstić information content (AvgIpc) is 3.05. The van der Waals surface area contributed by atoms with Gasteiger partial charge in [-0.25, -0.2) is 0 Å².